The molecule has 17 heavy (non-hydrogen) atoms. The summed E-state index contributed by atoms with van der Waals surface area (Å²) in [6.07, 6.45) is 0.168. The van der Waals surface area contributed by atoms with E-state index in [-0.39, 0.29) is 5.60 Å². The fraction of sp³-hybridized carbons (Fsp3) is 0.571. The molecule has 0 saturated heterocycles. The molecule has 0 amide bonds. The van der Waals surface area contributed by atoms with Crippen LogP contribution in [0.5, 0.6) is 11.5 Å². The zero-order chi connectivity index (χ0) is 12.6. The Morgan fingerprint density at radius 1 is 1.47 bits per heavy atom. The van der Waals surface area contributed by atoms with E-state index in [2.05, 4.69) is 13.8 Å². The number of aliphatic hydroxyl groups is 1. The lowest BCUT2D eigenvalue weighted by Gasteiger charge is -2.41. The highest BCUT2D eigenvalue weighted by Crippen LogP contribution is 2.43. The molecule has 3 nitrogen and oxygen atoms in total. The summed E-state index contributed by atoms with van der Waals surface area (Å²) in [6, 6.07) is 5.57. The largest absolute Gasteiger partial charge is 0.497 e. The van der Waals surface area contributed by atoms with E-state index in [1.165, 1.54) is 0 Å². The molecule has 1 aromatic rings. The van der Waals surface area contributed by atoms with Crippen LogP contribution in [0.25, 0.3) is 0 Å². The molecule has 0 fully saturated rings. The van der Waals surface area contributed by atoms with Gasteiger partial charge in [0.2, 0.25) is 0 Å². The molecule has 0 bridgehead atoms. The summed E-state index contributed by atoms with van der Waals surface area (Å²) in [6.45, 7) is 6.26. The van der Waals surface area contributed by atoms with E-state index >= 15 is 0 Å². The first-order valence-electron chi connectivity index (χ1n) is 6.01. The Kier molecular flexibility index (Phi) is 3.04. The van der Waals surface area contributed by atoms with Gasteiger partial charge in [0.05, 0.1) is 13.2 Å². The highest BCUT2D eigenvalue weighted by Gasteiger charge is 2.39. The van der Waals surface area contributed by atoms with Crippen molar-refractivity contribution in [2.75, 3.05) is 7.11 Å². The van der Waals surface area contributed by atoms with E-state index in [1.807, 2.05) is 25.1 Å². The minimum absolute atomic E-state index is 0.321. The van der Waals surface area contributed by atoms with Crippen molar-refractivity contribution in [3.8, 4) is 11.5 Å². The Bertz CT molecular complexity index is 414. The molecule has 1 heterocycles. The van der Waals surface area contributed by atoms with Gasteiger partial charge in [-0.05, 0) is 25.0 Å². The summed E-state index contributed by atoms with van der Waals surface area (Å²) in [4.78, 5) is 0. The van der Waals surface area contributed by atoms with Crippen LogP contribution >= 0.6 is 0 Å². The van der Waals surface area contributed by atoms with Crippen LogP contribution in [0.3, 0.4) is 0 Å². The first kappa shape index (κ1) is 12.2. The average Bonchev–Trinajstić information content (AvgIpc) is 2.27. The molecule has 94 valence electrons. The lowest BCUT2D eigenvalue weighted by molar-refractivity contribution is -0.0323. The Labute approximate surface area is 102 Å². The Morgan fingerprint density at radius 2 is 2.18 bits per heavy atom. The fourth-order valence-corrected chi connectivity index (χ4v) is 2.15. The Morgan fingerprint density at radius 3 is 2.76 bits per heavy atom. The van der Waals surface area contributed by atoms with Crippen LogP contribution in [-0.4, -0.2) is 17.8 Å². The standard InChI is InChI=1S/C14H20O3/c1-9(2)14(3)8-12(15)11-6-5-10(16-4)7-13(11)17-14/h5-7,9,12,15H,8H2,1-4H3. The van der Waals surface area contributed by atoms with Gasteiger partial charge in [0.1, 0.15) is 17.1 Å². The molecule has 1 aliphatic rings. The molecule has 0 spiro atoms. The predicted octanol–water partition coefficient (Wildman–Crippen LogP) is 2.93. The van der Waals surface area contributed by atoms with Crippen LogP contribution in [0.4, 0.5) is 0 Å². The van der Waals surface area contributed by atoms with Gasteiger partial charge < -0.3 is 14.6 Å². The third-order valence-corrected chi connectivity index (χ3v) is 3.74. The molecule has 0 radical (unpaired) electrons. The van der Waals surface area contributed by atoms with Crippen LogP contribution in [0.1, 0.15) is 38.9 Å². The Balaban J connectivity index is 2.40. The number of aliphatic hydroxyl groups excluding tert-OH is 1. The van der Waals surface area contributed by atoms with Crippen molar-refractivity contribution in [1.29, 1.82) is 0 Å². The second-order valence-electron chi connectivity index (χ2n) is 5.19. The van der Waals surface area contributed by atoms with Gasteiger partial charge in [-0.2, -0.15) is 0 Å². The molecule has 0 saturated carbocycles. The van der Waals surface area contributed by atoms with Crippen LogP contribution in [0.2, 0.25) is 0 Å². The van der Waals surface area contributed by atoms with Gasteiger partial charge in [-0.25, -0.2) is 0 Å². The molecule has 1 N–H and O–H groups in total. The fourth-order valence-electron chi connectivity index (χ4n) is 2.15. The van der Waals surface area contributed by atoms with Gasteiger partial charge in [0.15, 0.2) is 0 Å². The predicted molar refractivity (Wildman–Crippen MR) is 66.4 cm³/mol. The number of methoxy groups -OCH3 is 1. The zero-order valence-corrected chi connectivity index (χ0v) is 10.9. The molecule has 2 atom stereocenters. The van der Waals surface area contributed by atoms with Gasteiger partial charge in [0.25, 0.3) is 0 Å². The van der Waals surface area contributed by atoms with Gasteiger partial charge >= 0.3 is 0 Å². The van der Waals surface area contributed by atoms with E-state index in [0.29, 0.717) is 12.3 Å². The molecular formula is C14H20O3. The summed E-state index contributed by atoms with van der Waals surface area (Å²) >= 11 is 0. The van der Waals surface area contributed by atoms with Crippen molar-refractivity contribution < 1.29 is 14.6 Å². The maximum absolute atomic E-state index is 10.2. The highest BCUT2D eigenvalue weighted by molar-refractivity contribution is 5.44. The number of rotatable bonds is 2. The second kappa shape index (κ2) is 4.22. The molecule has 2 rings (SSSR count). The first-order valence-corrected chi connectivity index (χ1v) is 6.01. The summed E-state index contributed by atoms with van der Waals surface area (Å²) in [5, 5.41) is 10.2. The van der Waals surface area contributed by atoms with Crippen LogP contribution in [0, 0.1) is 5.92 Å². The van der Waals surface area contributed by atoms with Crippen molar-refractivity contribution in [2.24, 2.45) is 5.92 Å². The van der Waals surface area contributed by atoms with Crippen LogP contribution < -0.4 is 9.47 Å². The lowest BCUT2D eigenvalue weighted by Crippen LogP contribution is -2.42. The molecule has 1 aromatic carbocycles. The van der Waals surface area contributed by atoms with Gasteiger partial charge in [0, 0.05) is 18.1 Å². The summed E-state index contributed by atoms with van der Waals surface area (Å²) in [7, 11) is 1.63. The number of benzene rings is 1. The summed E-state index contributed by atoms with van der Waals surface area (Å²) in [5.74, 6) is 1.83. The third-order valence-electron chi connectivity index (χ3n) is 3.74. The second-order valence-corrected chi connectivity index (χ2v) is 5.19. The average molecular weight is 236 g/mol. The zero-order valence-electron chi connectivity index (χ0n) is 10.9. The van der Waals surface area contributed by atoms with Gasteiger partial charge in [-0.3, -0.25) is 0 Å². The highest BCUT2D eigenvalue weighted by atomic mass is 16.5. The number of hydrogen-bond acceptors (Lipinski definition) is 3. The molecule has 3 heteroatoms. The van der Waals surface area contributed by atoms with Crippen molar-refractivity contribution in [1.82, 2.24) is 0 Å². The van der Waals surface area contributed by atoms with Crippen LogP contribution in [0.15, 0.2) is 18.2 Å². The SMILES string of the molecule is COc1ccc2c(c1)OC(C)(C(C)C)CC2O. The Hall–Kier alpha value is -1.22. The van der Waals surface area contributed by atoms with E-state index in [4.69, 9.17) is 9.47 Å². The van der Waals surface area contributed by atoms with Crippen LogP contribution in [-0.2, 0) is 0 Å². The molecule has 0 aromatic heterocycles. The molecule has 0 aliphatic carbocycles. The van der Waals surface area contributed by atoms with Crippen molar-refractivity contribution in [3.63, 3.8) is 0 Å². The third kappa shape index (κ3) is 2.12. The molecule has 2 unspecified atom stereocenters. The van der Waals surface area contributed by atoms with Crippen molar-refractivity contribution in [3.05, 3.63) is 23.8 Å². The van der Waals surface area contributed by atoms with E-state index in [0.717, 1.165) is 17.1 Å². The molecular weight excluding hydrogens is 216 g/mol. The number of ether oxygens (including phenoxy) is 2. The maximum atomic E-state index is 10.2. The van der Waals surface area contributed by atoms with E-state index < -0.39 is 6.10 Å². The monoisotopic (exact) mass is 236 g/mol. The molecule has 1 aliphatic heterocycles. The van der Waals surface area contributed by atoms with Gasteiger partial charge in [-0.1, -0.05) is 13.8 Å². The minimum Gasteiger partial charge on any atom is -0.497 e. The lowest BCUT2D eigenvalue weighted by atomic mass is 9.82. The van der Waals surface area contributed by atoms with Crippen molar-refractivity contribution >= 4 is 0 Å². The minimum atomic E-state index is -0.461. The van der Waals surface area contributed by atoms with E-state index in [1.54, 1.807) is 7.11 Å². The summed E-state index contributed by atoms with van der Waals surface area (Å²) in [5.41, 5.74) is 0.530. The van der Waals surface area contributed by atoms with Crippen molar-refractivity contribution in [2.45, 2.75) is 38.9 Å². The smallest absolute Gasteiger partial charge is 0.129 e. The quantitative estimate of drug-likeness (QED) is 0.858. The first-order chi connectivity index (χ1) is 7.96. The number of fused-ring (bicyclic) bond motifs is 1. The number of hydrogen-bond donors (Lipinski definition) is 1. The van der Waals surface area contributed by atoms with E-state index in [9.17, 15) is 5.11 Å². The summed E-state index contributed by atoms with van der Waals surface area (Å²) < 4.78 is 11.2. The normalized spacial score (nSPS) is 27.5. The maximum Gasteiger partial charge on any atom is 0.129 e. The van der Waals surface area contributed by atoms with Gasteiger partial charge in [-0.15, -0.1) is 0 Å². The topological polar surface area (TPSA) is 38.7 Å².